The van der Waals surface area contributed by atoms with Crippen molar-refractivity contribution in [2.75, 3.05) is 6.61 Å². The second-order valence-electron chi connectivity index (χ2n) is 7.00. The fourth-order valence-corrected chi connectivity index (χ4v) is 3.43. The number of aliphatic hydroxyl groups is 1. The number of hydrogen-bond donors (Lipinski definition) is 3. The Morgan fingerprint density at radius 3 is 2.08 bits per heavy atom. The molecule has 0 aliphatic heterocycles. The van der Waals surface area contributed by atoms with E-state index in [1.54, 1.807) is 12.1 Å². The summed E-state index contributed by atoms with van der Waals surface area (Å²) in [6.07, 6.45) is 3.86. The van der Waals surface area contributed by atoms with Gasteiger partial charge in [0.25, 0.3) is 0 Å². The highest BCUT2D eigenvalue weighted by molar-refractivity contribution is 5.42. The van der Waals surface area contributed by atoms with Gasteiger partial charge in [-0.2, -0.15) is 0 Å². The maximum absolute atomic E-state index is 9.87. The van der Waals surface area contributed by atoms with Crippen molar-refractivity contribution in [1.82, 2.24) is 0 Å². The summed E-state index contributed by atoms with van der Waals surface area (Å²) in [5.74, 6) is 0.439. The van der Waals surface area contributed by atoms with Gasteiger partial charge in [-0.25, -0.2) is 0 Å². The van der Waals surface area contributed by atoms with Crippen LogP contribution >= 0.6 is 0 Å². The quantitative estimate of drug-likeness (QED) is 0.615. The van der Waals surface area contributed by atoms with E-state index in [0.29, 0.717) is 0 Å². The molecule has 0 saturated carbocycles. The highest BCUT2D eigenvalue weighted by Crippen LogP contribution is 2.43. The minimum atomic E-state index is -0.239. The lowest BCUT2D eigenvalue weighted by Crippen LogP contribution is -2.27. The maximum atomic E-state index is 9.87. The maximum Gasteiger partial charge on any atom is 0.119 e. The Morgan fingerprint density at radius 1 is 0.875 bits per heavy atom. The van der Waals surface area contributed by atoms with Crippen LogP contribution in [0.2, 0.25) is 0 Å². The zero-order valence-electron chi connectivity index (χ0n) is 14.6. The number of phenolic OH excluding ortho intramolecular Hbond substituents is 2. The predicted octanol–water partition coefficient (Wildman–Crippen LogP) is 4.71. The molecule has 24 heavy (non-hydrogen) atoms. The largest absolute Gasteiger partial charge is 0.508 e. The van der Waals surface area contributed by atoms with E-state index in [0.717, 1.165) is 31.2 Å². The normalized spacial score (nSPS) is 13.0. The third kappa shape index (κ3) is 4.51. The van der Waals surface area contributed by atoms with Gasteiger partial charge >= 0.3 is 0 Å². The van der Waals surface area contributed by atoms with Crippen molar-refractivity contribution in [3.63, 3.8) is 0 Å². The van der Waals surface area contributed by atoms with E-state index in [4.69, 9.17) is 5.11 Å². The van der Waals surface area contributed by atoms with E-state index in [9.17, 15) is 10.2 Å². The van der Waals surface area contributed by atoms with Crippen LogP contribution in [-0.4, -0.2) is 21.9 Å². The van der Waals surface area contributed by atoms with Gasteiger partial charge in [0.15, 0.2) is 0 Å². The molecule has 2 aromatic rings. The van der Waals surface area contributed by atoms with Crippen LogP contribution in [0.5, 0.6) is 11.5 Å². The molecule has 0 radical (unpaired) electrons. The van der Waals surface area contributed by atoms with Crippen molar-refractivity contribution < 1.29 is 15.3 Å². The smallest absolute Gasteiger partial charge is 0.119 e. The molecule has 0 aliphatic carbocycles. The van der Waals surface area contributed by atoms with E-state index in [1.165, 1.54) is 11.6 Å². The van der Waals surface area contributed by atoms with Crippen molar-refractivity contribution in [2.24, 2.45) is 0 Å². The fraction of sp³-hybridized carbons (Fsp3) is 0.429. The van der Waals surface area contributed by atoms with Crippen LogP contribution < -0.4 is 0 Å². The predicted molar refractivity (Wildman–Crippen MR) is 97.5 cm³/mol. The molecular formula is C21H28O3. The van der Waals surface area contributed by atoms with Crippen LogP contribution in [0.3, 0.4) is 0 Å². The molecule has 130 valence electrons. The molecule has 0 saturated heterocycles. The number of aliphatic hydroxyl groups excluding tert-OH is 1. The zero-order chi connectivity index (χ0) is 17.6. The van der Waals surface area contributed by atoms with Crippen LogP contribution in [0.15, 0.2) is 48.5 Å². The summed E-state index contributed by atoms with van der Waals surface area (Å²) < 4.78 is 0. The van der Waals surface area contributed by atoms with Crippen molar-refractivity contribution >= 4 is 0 Å². The molecule has 3 heteroatoms. The first kappa shape index (κ1) is 18.3. The Morgan fingerprint density at radius 2 is 1.50 bits per heavy atom. The van der Waals surface area contributed by atoms with Crippen LogP contribution in [0.25, 0.3) is 0 Å². The molecule has 3 nitrogen and oxygen atoms in total. The van der Waals surface area contributed by atoms with Gasteiger partial charge in [-0.1, -0.05) is 57.0 Å². The van der Waals surface area contributed by atoms with E-state index < -0.39 is 0 Å². The molecular weight excluding hydrogens is 300 g/mol. The molecule has 0 amide bonds. The Bertz CT molecular complexity index is 615. The third-order valence-corrected chi connectivity index (χ3v) is 4.87. The number of benzene rings is 2. The molecule has 0 bridgehead atoms. The van der Waals surface area contributed by atoms with E-state index in [-0.39, 0.29) is 29.4 Å². The van der Waals surface area contributed by atoms with Gasteiger partial charge < -0.3 is 15.3 Å². The highest BCUT2D eigenvalue weighted by atomic mass is 16.3. The highest BCUT2D eigenvalue weighted by Gasteiger charge is 2.32. The van der Waals surface area contributed by atoms with Gasteiger partial charge in [-0.3, -0.25) is 0 Å². The molecule has 0 aromatic heterocycles. The number of hydrogen-bond acceptors (Lipinski definition) is 3. The van der Waals surface area contributed by atoms with Crippen molar-refractivity contribution in [1.29, 1.82) is 0 Å². The first-order chi connectivity index (χ1) is 11.4. The molecule has 3 N–H and O–H groups in total. The Labute approximate surface area is 144 Å². The van der Waals surface area contributed by atoms with Gasteiger partial charge in [0.05, 0.1) is 0 Å². The summed E-state index contributed by atoms with van der Waals surface area (Å²) in [4.78, 5) is 0. The average Bonchev–Trinajstić information content (AvgIpc) is 2.54. The van der Waals surface area contributed by atoms with Gasteiger partial charge in [0.1, 0.15) is 11.5 Å². The van der Waals surface area contributed by atoms with Gasteiger partial charge in [-0.15, -0.1) is 0 Å². The summed E-state index contributed by atoms with van der Waals surface area (Å²) in [5, 5.41) is 28.7. The number of phenols is 2. The van der Waals surface area contributed by atoms with Crippen LogP contribution in [0.1, 0.15) is 56.6 Å². The minimum Gasteiger partial charge on any atom is -0.508 e. The number of rotatable bonds is 8. The van der Waals surface area contributed by atoms with Crippen LogP contribution in [0, 0.1) is 0 Å². The van der Waals surface area contributed by atoms with Crippen LogP contribution in [0.4, 0.5) is 0 Å². The summed E-state index contributed by atoms with van der Waals surface area (Å²) in [5.41, 5.74) is 1.95. The monoisotopic (exact) mass is 328 g/mol. The summed E-state index contributed by atoms with van der Waals surface area (Å²) in [7, 11) is 0. The number of unbranched alkanes of at least 4 members (excludes halogenated alkanes) is 2. The van der Waals surface area contributed by atoms with Gasteiger partial charge in [0, 0.05) is 12.7 Å². The van der Waals surface area contributed by atoms with E-state index in [1.807, 2.05) is 18.2 Å². The van der Waals surface area contributed by atoms with E-state index in [2.05, 4.69) is 26.0 Å². The van der Waals surface area contributed by atoms with Gasteiger partial charge in [0.2, 0.25) is 0 Å². The molecule has 2 aromatic carbocycles. The Balaban J connectivity index is 2.33. The number of aromatic hydroxyl groups is 2. The molecule has 0 aliphatic rings. The zero-order valence-corrected chi connectivity index (χ0v) is 14.6. The summed E-state index contributed by atoms with van der Waals surface area (Å²) >= 11 is 0. The second kappa shape index (κ2) is 8.20. The average molecular weight is 328 g/mol. The standard InChI is InChI=1S/C21H28O3/c1-21(2,17-13-18(23)15-19(24)14-17)20(11-7-4-8-12-22)16-9-5-3-6-10-16/h3,5-6,9-10,13-15,20,22-24H,4,7-8,11-12H2,1-2H3. The van der Waals surface area contributed by atoms with Crippen LogP contribution in [-0.2, 0) is 5.41 Å². The van der Waals surface area contributed by atoms with Gasteiger partial charge in [-0.05, 0) is 47.4 Å². The lowest BCUT2D eigenvalue weighted by molar-refractivity contribution is 0.279. The molecule has 0 fully saturated rings. The lowest BCUT2D eigenvalue weighted by atomic mass is 9.68. The third-order valence-electron chi connectivity index (χ3n) is 4.87. The molecule has 2 rings (SSSR count). The first-order valence-corrected chi connectivity index (χ1v) is 8.64. The molecule has 1 atom stereocenters. The van der Waals surface area contributed by atoms with Crippen molar-refractivity contribution in [3.8, 4) is 11.5 Å². The van der Waals surface area contributed by atoms with Crippen molar-refractivity contribution in [2.45, 2.75) is 50.9 Å². The summed E-state index contributed by atoms with van der Waals surface area (Å²) in [6, 6.07) is 15.2. The fourth-order valence-electron chi connectivity index (χ4n) is 3.43. The minimum absolute atomic E-state index is 0.0881. The first-order valence-electron chi connectivity index (χ1n) is 8.64. The lowest BCUT2D eigenvalue weighted by Gasteiger charge is -2.36. The Hall–Kier alpha value is -2.00. The Kier molecular flexibility index (Phi) is 6.27. The SMILES string of the molecule is CC(C)(c1cc(O)cc(O)c1)C(CCCCCO)c1ccccc1. The summed E-state index contributed by atoms with van der Waals surface area (Å²) in [6.45, 7) is 4.55. The van der Waals surface area contributed by atoms with Crippen molar-refractivity contribution in [3.05, 3.63) is 59.7 Å². The molecule has 1 unspecified atom stereocenters. The second-order valence-corrected chi connectivity index (χ2v) is 7.00. The topological polar surface area (TPSA) is 60.7 Å². The molecule has 0 heterocycles. The van der Waals surface area contributed by atoms with E-state index >= 15 is 0 Å². The molecule has 0 spiro atoms.